The SMILES string of the molecule is CC(CCc1ccccc1)NC(=O)C=Cc1ccccc1[N+](=O)[O-]. The van der Waals surface area contributed by atoms with Gasteiger partial charge >= 0.3 is 0 Å². The van der Waals surface area contributed by atoms with Gasteiger partial charge < -0.3 is 5.32 Å². The second-order valence-electron chi connectivity index (χ2n) is 5.58. The highest BCUT2D eigenvalue weighted by Gasteiger charge is 2.10. The minimum Gasteiger partial charge on any atom is -0.350 e. The molecule has 5 nitrogen and oxygen atoms in total. The van der Waals surface area contributed by atoms with Gasteiger partial charge in [-0.2, -0.15) is 0 Å². The minimum atomic E-state index is -0.458. The van der Waals surface area contributed by atoms with Crippen molar-refractivity contribution in [3.05, 3.63) is 81.9 Å². The molecule has 0 aliphatic rings. The third-order valence-corrected chi connectivity index (χ3v) is 3.65. The number of nitrogens with zero attached hydrogens (tertiary/aromatic N) is 1. The summed E-state index contributed by atoms with van der Waals surface area (Å²) >= 11 is 0. The van der Waals surface area contributed by atoms with Gasteiger partial charge in [0.25, 0.3) is 5.69 Å². The van der Waals surface area contributed by atoms with Crippen LogP contribution in [0.1, 0.15) is 24.5 Å². The maximum Gasteiger partial charge on any atom is 0.276 e. The Kier molecular flexibility index (Phi) is 6.25. The van der Waals surface area contributed by atoms with Crippen LogP contribution in [-0.2, 0) is 11.2 Å². The number of para-hydroxylation sites is 1. The molecular weight excluding hydrogens is 304 g/mol. The van der Waals surface area contributed by atoms with Crippen LogP contribution in [-0.4, -0.2) is 16.9 Å². The molecule has 24 heavy (non-hydrogen) atoms. The van der Waals surface area contributed by atoms with Crippen molar-refractivity contribution in [2.24, 2.45) is 0 Å². The van der Waals surface area contributed by atoms with Gasteiger partial charge in [-0.1, -0.05) is 42.5 Å². The van der Waals surface area contributed by atoms with Crippen LogP contribution in [0, 0.1) is 10.1 Å². The van der Waals surface area contributed by atoms with E-state index in [1.807, 2.05) is 25.1 Å². The van der Waals surface area contributed by atoms with Crippen molar-refractivity contribution in [3.8, 4) is 0 Å². The Balaban J connectivity index is 1.87. The molecule has 0 bridgehead atoms. The second kappa shape index (κ2) is 8.62. The lowest BCUT2D eigenvalue weighted by Crippen LogP contribution is -2.31. The second-order valence-corrected chi connectivity index (χ2v) is 5.58. The average molecular weight is 324 g/mol. The lowest BCUT2D eigenvalue weighted by Gasteiger charge is -2.12. The molecule has 1 atom stereocenters. The normalized spacial score (nSPS) is 12.0. The Morgan fingerprint density at radius 2 is 1.83 bits per heavy atom. The molecule has 0 radical (unpaired) electrons. The first-order valence-electron chi connectivity index (χ1n) is 7.82. The molecule has 1 amide bonds. The van der Waals surface area contributed by atoms with Gasteiger partial charge in [-0.25, -0.2) is 0 Å². The van der Waals surface area contributed by atoms with Crippen molar-refractivity contribution in [1.82, 2.24) is 5.32 Å². The summed E-state index contributed by atoms with van der Waals surface area (Å²) in [5.41, 5.74) is 1.63. The van der Waals surface area contributed by atoms with Crippen LogP contribution in [0.3, 0.4) is 0 Å². The van der Waals surface area contributed by atoms with Gasteiger partial charge in [-0.05, 0) is 37.5 Å². The fourth-order valence-electron chi connectivity index (χ4n) is 2.35. The van der Waals surface area contributed by atoms with E-state index in [1.165, 1.54) is 23.8 Å². The Hall–Kier alpha value is -2.95. The number of amides is 1. The first-order valence-corrected chi connectivity index (χ1v) is 7.82. The highest BCUT2D eigenvalue weighted by molar-refractivity contribution is 5.92. The topological polar surface area (TPSA) is 72.2 Å². The predicted molar refractivity (Wildman–Crippen MR) is 94.5 cm³/mol. The molecular formula is C19H20N2O3. The van der Waals surface area contributed by atoms with Crippen molar-refractivity contribution < 1.29 is 9.72 Å². The first kappa shape index (κ1) is 17.4. The van der Waals surface area contributed by atoms with Gasteiger partial charge in [0.2, 0.25) is 5.91 Å². The molecule has 1 unspecified atom stereocenters. The van der Waals surface area contributed by atoms with E-state index >= 15 is 0 Å². The van der Waals surface area contributed by atoms with E-state index < -0.39 is 4.92 Å². The van der Waals surface area contributed by atoms with Crippen LogP contribution >= 0.6 is 0 Å². The van der Waals surface area contributed by atoms with E-state index in [2.05, 4.69) is 17.4 Å². The fourth-order valence-corrected chi connectivity index (χ4v) is 2.35. The van der Waals surface area contributed by atoms with E-state index in [0.717, 1.165) is 12.8 Å². The van der Waals surface area contributed by atoms with Crippen LogP contribution in [0.4, 0.5) is 5.69 Å². The number of carbonyl (C=O) groups excluding carboxylic acids is 1. The molecule has 0 saturated heterocycles. The number of nitro groups is 1. The van der Waals surface area contributed by atoms with Gasteiger partial charge in [0.05, 0.1) is 10.5 Å². The van der Waals surface area contributed by atoms with Gasteiger partial charge in [0.15, 0.2) is 0 Å². The average Bonchev–Trinajstić information content (AvgIpc) is 2.59. The third kappa shape index (κ3) is 5.35. The highest BCUT2D eigenvalue weighted by Crippen LogP contribution is 2.18. The van der Waals surface area contributed by atoms with Crippen molar-refractivity contribution in [2.75, 3.05) is 0 Å². The predicted octanol–water partition coefficient (Wildman–Crippen LogP) is 3.75. The van der Waals surface area contributed by atoms with Crippen molar-refractivity contribution in [3.63, 3.8) is 0 Å². The summed E-state index contributed by atoms with van der Waals surface area (Å²) in [6.07, 6.45) is 4.52. The quantitative estimate of drug-likeness (QED) is 0.479. The molecule has 2 aromatic rings. The number of carbonyl (C=O) groups is 1. The molecule has 0 spiro atoms. The molecule has 0 aliphatic carbocycles. The van der Waals surface area contributed by atoms with E-state index in [0.29, 0.717) is 5.56 Å². The third-order valence-electron chi connectivity index (χ3n) is 3.65. The molecule has 1 N–H and O–H groups in total. The summed E-state index contributed by atoms with van der Waals surface area (Å²) in [5.74, 6) is -0.256. The van der Waals surface area contributed by atoms with Crippen LogP contribution in [0.2, 0.25) is 0 Å². The maximum absolute atomic E-state index is 12.0. The van der Waals surface area contributed by atoms with Crippen molar-refractivity contribution >= 4 is 17.7 Å². The molecule has 2 aromatic carbocycles. The van der Waals surface area contributed by atoms with Crippen LogP contribution < -0.4 is 5.32 Å². The zero-order chi connectivity index (χ0) is 17.4. The molecule has 124 valence electrons. The largest absolute Gasteiger partial charge is 0.350 e. The van der Waals surface area contributed by atoms with Crippen LogP contribution in [0.25, 0.3) is 6.08 Å². The van der Waals surface area contributed by atoms with Gasteiger partial charge in [0.1, 0.15) is 0 Å². The summed E-state index contributed by atoms with van der Waals surface area (Å²) in [6.45, 7) is 1.94. The Morgan fingerprint density at radius 1 is 1.17 bits per heavy atom. The summed E-state index contributed by atoms with van der Waals surface area (Å²) < 4.78 is 0. The number of nitro benzene ring substituents is 1. The van der Waals surface area contributed by atoms with Crippen molar-refractivity contribution in [2.45, 2.75) is 25.8 Å². The van der Waals surface area contributed by atoms with Crippen LogP contribution in [0.15, 0.2) is 60.7 Å². The van der Waals surface area contributed by atoms with Gasteiger partial charge in [-0.3, -0.25) is 14.9 Å². The number of hydrogen-bond acceptors (Lipinski definition) is 3. The van der Waals surface area contributed by atoms with E-state index in [4.69, 9.17) is 0 Å². The van der Waals surface area contributed by atoms with E-state index in [-0.39, 0.29) is 17.6 Å². The number of nitrogens with one attached hydrogen (secondary N) is 1. The van der Waals surface area contributed by atoms with Gasteiger partial charge in [0, 0.05) is 18.2 Å². The van der Waals surface area contributed by atoms with Crippen molar-refractivity contribution in [1.29, 1.82) is 0 Å². The summed E-state index contributed by atoms with van der Waals surface area (Å²) in [4.78, 5) is 22.4. The maximum atomic E-state index is 12.0. The lowest BCUT2D eigenvalue weighted by atomic mass is 10.1. The number of aryl methyl sites for hydroxylation is 1. The summed E-state index contributed by atoms with van der Waals surface area (Å²) in [7, 11) is 0. The molecule has 0 saturated carbocycles. The summed E-state index contributed by atoms with van der Waals surface area (Å²) in [5, 5.41) is 13.8. The standard InChI is InChI=1S/C19H20N2O3/c1-15(11-12-16-7-3-2-4-8-16)20-19(22)14-13-17-9-5-6-10-18(17)21(23)24/h2-10,13-15H,11-12H2,1H3,(H,20,22). The van der Waals surface area contributed by atoms with Gasteiger partial charge in [-0.15, -0.1) is 0 Å². The zero-order valence-electron chi connectivity index (χ0n) is 13.5. The Morgan fingerprint density at radius 3 is 2.54 bits per heavy atom. The minimum absolute atomic E-state index is 0.0151. The molecule has 0 heterocycles. The Bertz CT molecular complexity index is 726. The Labute approximate surface area is 141 Å². The van der Waals surface area contributed by atoms with Crippen LogP contribution in [0.5, 0.6) is 0 Å². The number of hydrogen-bond donors (Lipinski definition) is 1. The fraction of sp³-hybridized carbons (Fsp3) is 0.211. The molecule has 5 heteroatoms. The van der Waals surface area contributed by atoms with E-state index in [9.17, 15) is 14.9 Å². The smallest absolute Gasteiger partial charge is 0.276 e. The highest BCUT2D eigenvalue weighted by atomic mass is 16.6. The monoisotopic (exact) mass is 324 g/mol. The zero-order valence-corrected chi connectivity index (χ0v) is 13.5. The molecule has 0 aromatic heterocycles. The first-order chi connectivity index (χ1) is 11.6. The van der Waals surface area contributed by atoms with E-state index in [1.54, 1.807) is 18.2 Å². The molecule has 0 aliphatic heterocycles. The molecule has 2 rings (SSSR count). The number of benzene rings is 2. The number of rotatable bonds is 7. The lowest BCUT2D eigenvalue weighted by molar-refractivity contribution is -0.385. The molecule has 0 fully saturated rings. The summed E-state index contributed by atoms with van der Waals surface area (Å²) in [6, 6.07) is 16.4.